The Bertz CT molecular complexity index is 591. The van der Waals surface area contributed by atoms with Crippen LogP contribution in [0.25, 0.3) is 0 Å². The molecule has 6 heteroatoms. The van der Waals surface area contributed by atoms with Crippen molar-refractivity contribution in [2.45, 2.75) is 26.3 Å². The second kappa shape index (κ2) is 6.67. The summed E-state index contributed by atoms with van der Waals surface area (Å²) in [6.07, 6.45) is 0.827. The third kappa shape index (κ3) is 2.96. The third-order valence-corrected chi connectivity index (χ3v) is 4.36. The maximum atomic E-state index is 12.6. The van der Waals surface area contributed by atoms with Crippen LogP contribution in [0.2, 0.25) is 0 Å². The van der Waals surface area contributed by atoms with Crippen LogP contribution in [0, 0.1) is 0 Å². The van der Waals surface area contributed by atoms with Crippen LogP contribution in [-0.4, -0.2) is 48.9 Å². The molecule has 3 rings (SSSR count). The lowest BCUT2D eigenvalue weighted by Crippen LogP contribution is -2.52. The van der Waals surface area contributed by atoms with E-state index in [0.717, 1.165) is 42.9 Å². The smallest absolute Gasteiger partial charge is 0.254 e. The Morgan fingerprint density at radius 2 is 2.05 bits per heavy atom. The molecule has 1 aromatic carbocycles. The molecule has 22 heavy (non-hydrogen) atoms. The number of halogens is 1. The summed E-state index contributed by atoms with van der Waals surface area (Å²) in [5, 5.41) is 3.29. The molecule has 1 fully saturated rings. The standard InChI is InChI=1S/C16H21N3O2.ClH/c1-11-10-17-6-8-18(11)16(21)14-3-4-15-13(9-14)5-7-19(15)12(2)20;/h3-4,9,11,17H,5-8,10H2,1-2H3;1H/t11-;/m1./s1. The topological polar surface area (TPSA) is 52.7 Å². The van der Waals surface area contributed by atoms with Gasteiger partial charge in [0.2, 0.25) is 5.91 Å². The fourth-order valence-electron chi connectivity index (χ4n) is 3.17. The Morgan fingerprint density at radius 3 is 2.73 bits per heavy atom. The number of rotatable bonds is 1. The summed E-state index contributed by atoms with van der Waals surface area (Å²) < 4.78 is 0. The number of carbonyl (C=O) groups is 2. The van der Waals surface area contributed by atoms with E-state index in [1.165, 1.54) is 0 Å². The lowest BCUT2D eigenvalue weighted by Gasteiger charge is -2.34. The molecule has 0 aromatic heterocycles. The van der Waals surface area contributed by atoms with Gasteiger partial charge in [-0.15, -0.1) is 12.4 Å². The molecule has 2 amide bonds. The van der Waals surface area contributed by atoms with Crippen LogP contribution in [0.4, 0.5) is 5.69 Å². The minimum absolute atomic E-state index is 0. The van der Waals surface area contributed by atoms with Gasteiger partial charge in [0.25, 0.3) is 5.91 Å². The van der Waals surface area contributed by atoms with Gasteiger partial charge in [-0.2, -0.15) is 0 Å². The monoisotopic (exact) mass is 323 g/mol. The Kier molecular flexibility index (Phi) is 5.08. The van der Waals surface area contributed by atoms with E-state index in [2.05, 4.69) is 12.2 Å². The molecule has 1 aromatic rings. The Morgan fingerprint density at radius 1 is 1.27 bits per heavy atom. The van der Waals surface area contributed by atoms with Gasteiger partial charge >= 0.3 is 0 Å². The van der Waals surface area contributed by atoms with Crippen molar-refractivity contribution in [1.29, 1.82) is 0 Å². The molecule has 0 spiro atoms. The van der Waals surface area contributed by atoms with Gasteiger partial charge in [0.05, 0.1) is 0 Å². The van der Waals surface area contributed by atoms with Gasteiger partial charge in [-0.25, -0.2) is 0 Å². The number of nitrogens with one attached hydrogen (secondary N) is 1. The molecule has 120 valence electrons. The van der Waals surface area contributed by atoms with Crippen molar-refractivity contribution >= 4 is 29.9 Å². The fourth-order valence-corrected chi connectivity index (χ4v) is 3.17. The molecule has 0 bridgehead atoms. The Hall–Kier alpha value is -1.59. The highest BCUT2D eigenvalue weighted by molar-refractivity contribution is 5.98. The summed E-state index contributed by atoms with van der Waals surface area (Å²) >= 11 is 0. The van der Waals surface area contributed by atoms with Crippen LogP contribution in [-0.2, 0) is 11.2 Å². The normalized spacial score (nSPS) is 20.4. The van der Waals surface area contributed by atoms with Gasteiger partial charge in [0.15, 0.2) is 0 Å². The van der Waals surface area contributed by atoms with Crippen LogP contribution >= 0.6 is 12.4 Å². The molecule has 2 aliphatic heterocycles. The van der Waals surface area contributed by atoms with Crippen LogP contribution in [0.3, 0.4) is 0 Å². The van der Waals surface area contributed by atoms with Gasteiger partial charge in [-0.05, 0) is 37.1 Å². The Balaban J connectivity index is 0.00000176. The first-order valence-electron chi connectivity index (χ1n) is 7.50. The van der Waals surface area contributed by atoms with Gasteiger partial charge in [-0.3, -0.25) is 9.59 Å². The molecule has 1 N–H and O–H groups in total. The highest BCUT2D eigenvalue weighted by atomic mass is 35.5. The zero-order chi connectivity index (χ0) is 15.0. The zero-order valence-electron chi connectivity index (χ0n) is 13.0. The van der Waals surface area contributed by atoms with E-state index in [4.69, 9.17) is 0 Å². The van der Waals surface area contributed by atoms with Crippen LogP contribution in [0.1, 0.15) is 29.8 Å². The summed E-state index contributed by atoms with van der Waals surface area (Å²) in [5.41, 5.74) is 2.78. The first kappa shape index (κ1) is 16.8. The van der Waals surface area contributed by atoms with E-state index in [1.807, 2.05) is 23.1 Å². The molecular formula is C16H22ClN3O2. The van der Waals surface area contributed by atoms with E-state index in [1.54, 1.807) is 11.8 Å². The molecule has 0 aliphatic carbocycles. The molecule has 1 saturated heterocycles. The summed E-state index contributed by atoms with van der Waals surface area (Å²) in [6, 6.07) is 5.92. The quantitative estimate of drug-likeness (QED) is 0.851. The van der Waals surface area contributed by atoms with Gasteiger partial charge in [0.1, 0.15) is 0 Å². The van der Waals surface area contributed by atoms with Crippen molar-refractivity contribution in [3.63, 3.8) is 0 Å². The van der Waals surface area contributed by atoms with Crippen molar-refractivity contribution < 1.29 is 9.59 Å². The third-order valence-electron chi connectivity index (χ3n) is 4.36. The van der Waals surface area contributed by atoms with Crippen molar-refractivity contribution in [3.05, 3.63) is 29.3 Å². The summed E-state index contributed by atoms with van der Waals surface area (Å²) in [4.78, 5) is 27.9. The maximum Gasteiger partial charge on any atom is 0.254 e. The molecule has 1 atom stereocenters. The molecule has 2 aliphatic rings. The van der Waals surface area contributed by atoms with E-state index >= 15 is 0 Å². The summed E-state index contributed by atoms with van der Waals surface area (Å²) in [6.45, 7) is 6.79. The van der Waals surface area contributed by atoms with E-state index < -0.39 is 0 Å². The molecule has 0 saturated carbocycles. The van der Waals surface area contributed by atoms with Crippen molar-refractivity contribution in [2.75, 3.05) is 31.1 Å². The number of benzene rings is 1. The van der Waals surface area contributed by atoms with Gasteiger partial charge in [0, 0.05) is 50.4 Å². The highest BCUT2D eigenvalue weighted by Gasteiger charge is 2.27. The lowest BCUT2D eigenvalue weighted by atomic mass is 10.1. The largest absolute Gasteiger partial charge is 0.333 e. The minimum Gasteiger partial charge on any atom is -0.333 e. The fraction of sp³-hybridized carbons (Fsp3) is 0.500. The lowest BCUT2D eigenvalue weighted by molar-refractivity contribution is -0.116. The first-order valence-corrected chi connectivity index (χ1v) is 7.50. The molecule has 0 unspecified atom stereocenters. The Labute approximate surface area is 137 Å². The number of anilines is 1. The molecule has 2 heterocycles. The van der Waals surface area contributed by atoms with E-state index in [0.29, 0.717) is 6.54 Å². The first-order chi connectivity index (χ1) is 10.1. The maximum absolute atomic E-state index is 12.6. The molecular weight excluding hydrogens is 302 g/mol. The van der Waals surface area contributed by atoms with Gasteiger partial charge < -0.3 is 15.1 Å². The number of piperazine rings is 1. The molecule has 5 nitrogen and oxygen atoms in total. The number of fused-ring (bicyclic) bond motifs is 1. The average molecular weight is 324 g/mol. The van der Waals surface area contributed by atoms with Crippen molar-refractivity contribution in [1.82, 2.24) is 10.2 Å². The van der Waals surface area contributed by atoms with Crippen molar-refractivity contribution in [2.24, 2.45) is 0 Å². The minimum atomic E-state index is 0. The van der Waals surface area contributed by atoms with E-state index in [9.17, 15) is 9.59 Å². The second-order valence-corrected chi connectivity index (χ2v) is 5.82. The average Bonchev–Trinajstić information content (AvgIpc) is 2.90. The zero-order valence-corrected chi connectivity index (χ0v) is 13.8. The van der Waals surface area contributed by atoms with Crippen LogP contribution < -0.4 is 10.2 Å². The summed E-state index contributed by atoms with van der Waals surface area (Å²) in [5.74, 6) is 0.150. The van der Waals surface area contributed by atoms with Crippen LogP contribution in [0.5, 0.6) is 0 Å². The number of hydrogen-bond donors (Lipinski definition) is 1. The summed E-state index contributed by atoms with van der Waals surface area (Å²) in [7, 11) is 0. The highest BCUT2D eigenvalue weighted by Crippen LogP contribution is 2.29. The van der Waals surface area contributed by atoms with Gasteiger partial charge in [-0.1, -0.05) is 0 Å². The van der Waals surface area contributed by atoms with Crippen molar-refractivity contribution in [3.8, 4) is 0 Å². The van der Waals surface area contributed by atoms with Crippen LogP contribution in [0.15, 0.2) is 18.2 Å². The van der Waals surface area contributed by atoms with E-state index in [-0.39, 0.29) is 30.3 Å². The number of hydrogen-bond acceptors (Lipinski definition) is 3. The number of amides is 2. The number of nitrogens with zero attached hydrogens (tertiary/aromatic N) is 2. The molecule has 0 radical (unpaired) electrons. The number of carbonyl (C=O) groups excluding carboxylic acids is 2. The predicted octanol–water partition coefficient (Wildman–Crippen LogP) is 1.45. The second-order valence-electron chi connectivity index (χ2n) is 5.82. The SMILES string of the molecule is CC(=O)N1CCc2cc(C(=O)N3CCNC[C@H]3C)ccc21.Cl. The predicted molar refractivity (Wildman–Crippen MR) is 88.8 cm³/mol.